The summed E-state index contributed by atoms with van der Waals surface area (Å²) in [4.78, 5) is 12.6. The van der Waals surface area contributed by atoms with Crippen LogP contribution in [-0.4, -0.2) is 15.6 Å². The van der Waals surface area contributed by atoms with Gasteiger partial charge in [0.15, 0.2) is 5.78 Å². The smallest absolute Gasteiger partial charge is 0.398 e. The highest BCUT2D eigenvalue weighted by molar-refractivity contribution is 6.31. The Morgan fingerprint density at radius 3 is 2.54 bits per heavy atom. The van der Waals surface area contributed by atoms with Gasteiger partial charge in [-0.3, -0.25) is 4.79 Å². The normalized spacial score (nSPS) is 11.6. The molecule has 26 heavy (non-hydrogen) atoms. The average Bonchev–Trinajstić information content (AvgIpc) is 3.06. The third-order valence-electron chi connectivity index (χ3n) is 3.62. The Kier molecular flexibility index (Phi) is 4.68. The molecule has 0 aliphatic rings. The number of ketones is 1. The van der Waals surface area contributed by atoms with Gasteiger partial charge in [-0.25, -0.2) is 4.68 Å². The second-order valence-electron chi connectivity index (χ2n) is 5.40. The lowest BCUT2D eigenvalue weighted by Crippen LogP contribution is -2.07. The summed E-state index contributed by atoms with van der Waals surface area (Å²) in [6.45, 7) is 0. The van der Waals surface area contributed by atoms with E-state index < -0.39 is 22.5 Å². The quantitative estimate of drug-likeness (QED) is 0.497. The third-order valence-corrected chi connectivity index (χ3v) is 4.19. The van der Waals surface area contributed by atoms with Crippen molar-refractivity contribution in [2.75, 3.05) is 5.73 Å². The van der Waals surface area contributed by atoms with Gasteiger partial charge in [0.05, 0.1) is 28.0 Å². The third kappa shape index (κ3) is 3.54. The van der Waals surface area contributed by atoms with Crippen molar-refractivity contribution in [1.82, 2.24) is 9.78 Å². The standard InChI is InChI=1S/C17H10Cl2F3N3O/c18-10-1-4-15(23)12(5-10)16(26)9-7-24-25(8-9)11-2-3-14(19)13(6-11)17(20,21)22/h1-8H,23H2. The Hall–Kier alpha value is -2.51. The fourth-order valence-corrected chi connectivity index (χ4v) is 2.73. The number of benzene rings is 2. The fraction of sp³-hybridized carbons (Fsp3) is 0.0588. The van der Waals surface area contributed by atoms with Crippen LogP contribution in [-0.2, 0) is 6.18 Å². The molecule has 0 radical (unpaired) electrons. The second-order valence-corrected chi connectivity index (χ2v) is 6.24. The van der Waals surface area contributed by atoms with Gasteiger partial charge in [-0.15, -0.1) is 0 Å². The molecule has 0 saturated carbocycles. The number of aromatic nitrogens is 2. The summed E-state index contributed by atoms with van der Waals surface area (Å²) in [6.07, 6.45) is -2.05. The molecule has 3 aromatic rings. The molecule has 0 spiro atoms. The first-order valence-corrected chi connectivity index (χ1v) is 7.94. The monoisotopic (exact) mass is 399 g/mol. The number of halogens is 5. The predicted octanol–water partition coefficient (Wildman–Crippen LogP) is 5.01. The molecule has 1 aromatic heterocycles. The van der Waals surface area contributed by atoms with Gasteiger partial charge in [-0.2, -0.15) is 18.3 Å². The average molecular weight is 400 g/mol. The molecule has 134 valence electrons. The summed E-state index contributed by atoms with van der Waals surface area (Å²) < 4.78 is 40.1. The molecule has 4 nitrogen and oxygen atoms in total. The van der Waals surface area contributed by atoms with Gasteiger partial charge in [0.25, 0.3) is 0 Å². The van der Waals surface area contributed by atoms with E-state index in [2.05, 4.69) is 5.10 Å². The van der Waals surface area contributed by atoms with Crippen LogP contribution in [0.3, 0.4) is 0 Å². The molecule has 0 bridgehead atoms. The van der Waals surface area contributed by atoms with Gasteiger partial charge in [-0.05, 0) is 36.4 Å². The van der Waals surface area contributed by atoms with E-state index in [1.54, 1.807) is 6.07 Å². The van der Waals surface area contributed by atoms with Crippen LogP contribution >= 0.6 is 23.2 Å². The van der Waals surface area contributed by atoms with Crippen molar-refractivity contribution in [1.29, 1.82) is 0 Å². The minimum atomic E-state index is -4.60. The van der Waals surface area contributed by atoms with Crippen molar-refractivity contribution in [3.8, 4) is 5.69 Å². The second kappa shape index (κ2) is 6.66. The van der Waals surface area contributed by atoms with E-state index in [0.29, 0.717) is 5.02 Å². The molecule has 3 rings (SSSR count). The van der Waals surface area contributed by atoms with Gasteiger partial charge in [0, 0.05) is 22.5 Å². The molecule has 2 N–H and O–H groups in total. The largest absolute Gasteiger partial charge is 0.417 e. The zero-order valence-electron chi connectivity index (χ0n) is 12.9. The number of carbonyl (C=O) groups is 1. The fourth-order valence-electron chi connectivity index (χ4n) is 2.33. The SMILES string of the molecule is Nc1ccc(Cl)cc1C(=O)c1cnn(-c2ccc(Cl)c(C(F)(F)F)c2)c1. The molecule has 0 saturated heterocycles. The zero-order valence-corrected chi connectivity index (χ0v) is 14.4. The minimum absolute atomic E-state index is 0.111. The number of hydrogen-bond acceptors (Lipinski definition) is 3. The summed E-state index contributed by atoms with van der Waals surface area (Å²) in [5.74, 6) is -0.443. The van der Waals surface area contributed by atoms with Gasteiger partial charge < -0.3 is 5.73 Å². The number of nitrogens with two attached hydrogens (primary N) is 1. The van der Waals surface area contributed by atoms with Crippen molar-refractivity contribution in [3.63, 3.8) is 0 Å². The summed E-state index contributed by atoms with van der Waals surface area (Å²) in [7, 11) is 0. The number of carbonyl (C=O) groups excluding carboxylic acids is 1. The maximum Gasteiger partial charge on any atom is 0.417 e. The van der Waals surface area contributed by atoms with E-state index in [0.717, 1.165) is 16.8 Å². The Bertz CT molecular complexity index is 999. The van der Waals surface area contributed by atoms with Crippen LogP contribution in [0.2, 0.25) is 10.0 Å². The van der Waals surface area contributed by atoms with Gasteiger partial charge >= 0.3 is 6.18 Å². The molecule has 0 amide bonds. The first-order valence-electron chi connectivity index (χ1n) is 7.18. The number of alkyl halides is 3. The number of hydrogen-bond donors (Lipinski definition) is 1. The number of anilines is 1. The lowest BCUT2D eigenvalue weighted by molar-refractivity contribution is -0.137. The molecule has 0 aliphatic carbocycles. The summed E-state index contributed by atoms with van der Waals surface area (Å²) in [6, 6.07) is 7.81. The Morgan fingerprint density at radius 1 is 1.12 bits per heavy atom. The number of nitrogen functional groups attached to an aromatic ring is 1. The maximum atomic E-state index is 13.0. The zero-order chi connectivity index (χ0) is 19.1. The highest BCUT2D eigenvalue weighted by Crippen LogP contribution is 2.35. The lowest BCUT2D eigenvalue weighted by Gasteiger charge is -2.10. The van der Waals surface area contributed by atoms with Crippen molar-refractivity contribution in [3.05, 3.63) is 75.5 Å². The molecular formula is C17H10Cl2F3N3O. The van der Waals surface area contributed by atoms with E-state index in [9.17, 15) is 18.0 Å². The van der Waals surface area contributed by atoms with Crippen LogP contribution in [0.1, 0.15) is 21.5 Å². The predicted molar refractivity (Wildman–Crippen MR) is 92.9 cm³/mol. The summed E-state index contributed by atoms with van der Waals surface area (Å²) >= 11 is 11.5. The Morgan fingerprint density at radius 2 is 1.85 bits per heavy atom. The van der Waals surface area contributed by atoms with Crippen LogP contribution in [0.25, 0.3) is 5.69 Å². The van der Waals surface area contributed by atoms with Crippen LogP contribution in [0.15, 0.2) is 48.8 Å². The van der Waals surface area contributed by atoms with E-state index in [4.69, 9.17) is 28.9 Å². The van der Waals surface area contributed by atoms with Gasteiger partial charge in [0.1, 0.15) is 0 Å². The molecular weight excluding hydrogens is 390 g/mol. The summed E-state index contributed by atoms with van der Waals surface area (Å²) in [5.41, 5.74) is 5.48. The molecule has 1 heterocycles. The number of nitrogens with zero attached hydrogens (tertiary/aromatic N) is 2. The molecule has 0 fully saturated rings. The molecule has 0 atom stereocenters. The Balaban J connectivity index is 1.98. The van der Waals surface area contributed by atoms with E-state index in [1.165, 1.54) is 30.6 Å². The molecule has 2 aromatic carbocycles. The van der Waals surface area contributed by atoms with E-state index in [1.807, 2.05) is 0 Å². The van der Waals surface area contributed by atoms with E-state index >= 15 is 0 Å². The summed E-state index contributed by atoms with van der Waals surface area (Å²) in [5, 5.41) is 3.87. The molecule has 0 unspecified atom stereocenters. The maximum absolute atomic E-state index is 13.0. The minimum Gasteiger partial charge on any atom is -0.398 e. The first kappa shape index (κ1) is 18.3. The number of rotatable bonds is 3. The molecule has 9 heteroatoms. The van der Waals surface area contributed by atoms with Crippen molar-refractivity contribution in [2.45, 2.75) is 6.18 Å². The van der Waals surface area contributed by atoms with Crippen molar-refractivity contribution >= 4 is 34.7 Å². The van der Waals surface area contributed by atoms with E-state index in [-0.39, 0.29) is 22.5 Å². The first-order chi connectivity index (χ1) is 12.2. The van der Waals surface area contributed by atoms with Crippen LogP contribution in [0, 0.1) is 0 Å². The lowest BCUT2D eigenvalue weighted by atomic mass is 10.0. The molecule has 0 aliphatic heterocycles. The van der Waals surface area contributed by atoms with Crippen LogP contribution < -0.4 is 5.73 Å². The van der Waals surface area contributed by atoms with Gasteiger partial charge in [-0.1, -0.05) is 23.2 Å². The van der Waals surface area contributed by atoms with Crippen molar-refractivity contribution in [2.24, 2.45) is 0 Å². The topological polar surface area (TPSA) is 60.9 Å². The van der Waals surface area contributed by atoms with Crippen LogP contribution in [0.4, 0.5) is 18.9 Å². The highest BCUT2D eigenvalue weighted by Gasteiger charge is 2.33. The Labute approximate surface area is 155 Å². The van der Waals surface area contributed by atoms with Crippen molar-refractivity contribution < 1.29 is 18.0 Å². The highest BCUT2D eigenvalue weighted by atomic mass is 35.5. The van der Waals surface area contributed by atoms with Crippen LogP contribution in [0.5, 0.6) is 0 Å². The van der Waals surface area contributed by atoms with Gasteiger partial charge in [0.2, 0.25) is 0 Å².